The molecule has 138 valence electrons. The molecular formula is C18H22N4O4. The van der Waals surface area contributed by atoms with Crippen molar-refractivity contribution in [1.29, 1.82) is 0 Å². The van der Waals surface area contributed by atoms with E-state index < -0.39 is 23.8 Å². The summed E-state index contributed by atoms with van der Waals surface area (Å²) < 4.78 is 0. The van der Waals surface area contributed by atoms with E-state index in [2.05, 4.69) is 10.6 Å². The van der Waals surface area contributed by atoms with Crippen LogP contribution in [0.3, 0.4) is 0 Å². The zero-order valence-electron chi connectivity index (χ0n) is 14.6. The van der Waals surface area contributed by atoms with E-state index in [0.29, 0.717) is 18.7 Å². The lowest BCUT2D eigenvalue weighted by atomic mass is 10.0. The summed E-state index contributed by atoms with van der Waals surface area (Å²) in [6, 6.07) is 4.19. The predicted molar refractivity (Wildman–Crippen MR) is 93.1 cm³/mol. The number of nitrogens with zero attached hydrogens (tertiary/aromatic N) is 1. The maximum absolute atomic E-state index is 12.7. The average Bonchev–Trinajstić information content (AvgIpc) is 2.86. The third-order valence-electron chi connectivity index (χ3n) is 4.76. The van der Waals surface area contributed by atoms with Crippen LogP contribution in [0, 0.1) is 0 Å². The smallest absolute Gasteiger partial charge is 0.262 e. The zero-order valence-corrected chi connectivity index (χ0v) is 14.6. The first-order valence-corrected chi connectivity index (χ1v) is 8.73. The van der Waals surface area contributed by atoms with Gasteiger partial charge in [-0.15, -0.1) is 0 Å². The summed E-state index contributed by atoms with van der Waals surface area (Å²) in [5.74, 6) is -1.98. The number of hydrogen-bond donors (Lipinski definition) is 3. The van der Waals surface area contributed by atoms with E-state index in [1.165, 1.54) is 0 Å². The summed E-state index contributed by atoms with van der Waals surface area (Å²) >= 11 is 0. The quantitative estimate of drug-likeness (QED) is 0.611. The standard InChI is InChI=1S/C18H22N4O4/c1-2-11(19)9-20-8-10-3-4-12-13(7-10)18(26)22(17(12)25)14-5-6-15(23)21-16(14)24/h3-4,7,11,14,20H,2,5-6,8-9,19H2,1H3,(H,21,23,24)/t11-,14?/m1/s1. The number of fused-ring (bicyclic) bond motifs is 1. The van der Waals surface area contributed by atoms with Crippen LogP contribution in [0.25, 0.3) is 0 Å². The highest BCUT2D eigenvalue weighted by Crippen LogP contribution is 2.28. The molecule has 1 aromatic carbocycles. The minimum Gasteiger partial charge on any atom is -0.327 e. The van der Waals surface area contributed by atoms with Crippen molar-refractivity contribution in [1.82, 2.24) is 15.5 Å². The molecule has 2 aliphatic rings. The summed E-state index contributed by atoms with van der Waals surface area (Å²) in [5.41, 5.74) is 7.30. The molecule has 0 aliphatic carbocycles. The van der Waals surface area contributed by atoms with Crippen LogP contribution in [0.4, 0.5) is 0 Å². The minimum absolute atomic E-state index is 0.0654. The maximum atomic E-state index is 12.7. The molecule has 4 N–H and O–H groups in total. The first-order chi connectivity index (χ1) is 12.4. The Morgan fingerprint density at radius 3 is 2.65 bits per heavy atom. The van der Waals surface area contributed by atoms with E-state index in [4.69, 9.17) is 5.73 Å². The molecule has 0 radical (unpaired) electrons. The Labute approximate surface area is 151 Å². The average molecular weight is 358 g/mol. The Hall–Kier alpha value is -2.58. The number of piperidine rings is 1. The van der Waals surface area contributed by atoms with E-state index in [1.807, 2.05) is 6.92 Å². The van der Waals surface area contributed by atoms with Gasteiger partial charge in [-0.3, -0.25) is 29.4 Å². The van der Waals surface area contributed by atoms with Crippen LogP contribution in [0.5, 0.6) is 0 Å². The van der Waals surface area contributed by atoms with Gasteiger partial charge in [0, 0.05) is 25.6 Å². The van der Waals surface area contributed by atoms with Gasteiger partial charge in [0.15, 0.2) is 0 Å². The number of carbonyl (C=O) groups is 4. The van der Waals surface area contributed by atoms with Crippen molar-refractivity contribution in [2.45, 2.75) is 44.8 Å². The molecule has 8 heteroatoms. The minimum atomic E-state index is -0.941. The first kappa shape index (κ1) is 18.2. The number of rotatable bonds is 6. The Morgan fingerprint density at radius 1 is 1.23 bits per heavy atom. The van der Waals surface area contributed by atoms with Gasteiger partial charge in [0.05, 0.1) is 11.1 Å². The van der Waals surface area contributed by atoms with Gasteiger partial charge in [-0.1, -0.05) is 13.0 Å². The van der Waals surface area contributed by atoms with Gasteiger partial charge < -0.3 is 11.1 Å². The molecule has 0 bridgehead atoms. The monoisotopic (exact) mass is 358 g/mol. The SMILES string of the molecule is CC[C@@H](N)CNCc1ccc2c(c1)C(=O)N(C1CCC(=O)NC1=O)C2=O. The Kier molecular flexibility index (Phi) is 5.15. The van der Waals surface area contributed by atoms with E-state index in [0.717, 1.165) is 16.9 Å². The highest BCUT2D eigenvalue weighted by Gasteiger charge is 2.44. The normalized spacial score (nSPS) is 21.0. The molecule has 1 unspecified atom stereocenters. The molecule has 0 spiro atoms. The number of benzene rings is 1. The Bertz CT molecular complexity index is 776. The third-order valence-corrected chi connectivity index (χ3v) is 4.76. The molecule has 3 rings (SSSR count). The van der Waals surface area contributed by atoms with Gasteiger partial charge in [0.1, 0.15) is 6.04 Å². The fourth-order valence-corrected chi connectivity index (χ4v) is 3.17. The highest BCUT2D eigenvalue weighted by molar-refractivity contribution is 6.23. The molecule has 0 saturated carbocycles. The summed E-state index contributed by atoms with van der Waals surface area (Å²) in [5, 5.41) is 5.40. The van der Waals surface area contributed by atoms with Crippen molar-refractivity contribution in [2.75, 3.05) is 6.54 Å². The fraction of sp³-hybridized carbons (Fsp3) is 0.444. The van der Waals surface area contributed by atoms with Gasteiger partial charge in [0.25, 0.3) is 11.8 Å². The largest absolute Gasteiger partial charge is 0.327 e. The lowest BCUT2D eigenvalue weighted by molar-refractivity contribution is -0.136. The molecule has 0 aromatic heterocycles. The van der Waals surface area contributed by atoms with Gasteiger partial charge in [-0.05, 0) is 30.5 Å². The number of hydrogen-bond acceptors (Lipinski definition) is 6. The molecule has 1 saturated heterocycles. The third kappa shape index (κ3) is 3.38. The van der Waals surface area contributed by atoms with Crippen LogP contribution in [-0.2, 0) is 16.1 Å². The van der Waals surface area contributed by atoms with E-state index in [-0.39, 0.29) is 30.4 Å². The number of nitrogens with one attached hydrogen (secondary N) is 2. The van der Waals surface area contributed by atoms with E-state index in [9.17, 15) is 19.2 Å². The summed E-state index contributed by atoms with van der Waals surface area (Å²) in [6.07, 6.45) is 1.13. The van der Waals surface area contributed by atoms with Crippen LogP contribution in [0.15, 0.2) is 18.2 Å². The second-order valence-corrected chi connectivity index (χ2v) is 6.63. The van der Waals surface area contributed by atoms with Crippen LogP contribution >= 0.6 is 0 Å². The summed E-state index contributed by atoms with van der Waals surface area (Å²) in [4.78, 5) is 49.6. The van der Waals surface area contributed by atoms with Gasteiger partial charge >= 0.3 is 0 Å². The predicted octanol–water partition coefficient (Wildman–Crippen LogP) is -0.0853. The fourth-order valence-electron chi connectivity index (χ4n) is 3.17. The molecule has 2 heterocycles. The zero-order chi connectivity index (χ0) is 18.8. The lowest BCUT2D eigenvalue weighted by Crippen LogP contribution is -2.54. The molecule has 4 amide bonds. The first-order valence-electron chi connectivity index (χ1n) is 8.73. The molecule has 1 aromatic rings. The Morgan fingerprint density at radius 2 is 1.96 bits per heavy atom. The van der Waals surface area contributed by atoms with Crippen molar-refractivity contribution in [2.24, 2.45) is 5.73 Å². The highest BCUT2D eigenvalue weighted by atomic mass is 16.2. The second kappa shape index (κ2) is 7.35. The second-order valence-electron chi connectivity index (χ2n) is 6.63. The molecule has 2 atom stereocenters. The lowest BCUT2D eigenvalue weighted by Gasteiger charge is -2.27. The van der Waals surface area contributed by atoms with E-state index in [1.54, 1.807) is 18.2 Å². The van der Waals surface area contributed by atoms with Gasteiger partial charge in [-0.2, -0.15) is 0 Å². The molecule has 26 heavy (non-hydrogen) atoms. The maximum Gasteiger partial charge on any atom is 0.262 e. The van der Waals surface area contributed by atoms with Crippen LogP contribution in [0.1, 0.15) is 52.5 Å². The van der Waals surface area contributed by atoms with Crippen molar-refractivity contribution in [3.63, 3.8) is 0 Å². The topological polar surface area (TPSA) is 122 Å². The van der Waals surface area contributed by atoms with Crippen LogP contribution in [-0.4, -0.2) is 47.2 Å². The molecule has 8 nitrogen and oxygen atoms in total. The number of nitrogens with two attached hydrogens (primary N) is 1. The van der Waals surface area contributed by atoms with Crippen molar-refractivity contribution in [3.05, 3.63) is 34.9 Å². The number of carbonyl (C=O) groups excluding carboxylic acids is 4. The number of amides is 4. The van der Waals surface area contributed by atoms with Crippen molar-refractivity contribution >= 4 is 23.6 Å². The van der Waals surface area contributed by atoms with Crippen molar-refractivity contribution < 1.29 is 19.2 Å². The van der Waals surface area contributed by atoms with Crippen molar-refractivity contribution in [3.8, 4) is 0 Å². The Balaban J connectivity index is 1.75. The summed E-state index contributed by atoms with van der Waals surface area (Å²) in [6.45, 7) is 3.19. The van der Waals surface area contributed by atoms with E-state index >= 15 is 0 Å². The molecule has 1 fully saturated rings. The number of imide groups is 2. The van der Waals surface area contributed by atoms with Gasteiger partial charge in [-0.25, -0.2) is 0 Å². The molecular weight excluding hydrogens is 336 g/mol. The van der Waals surface area contributed by atoms with Crippen LogP contribution in [0.2, 0.25) is 0 Å². The van der Waals surface area contributed by atoms with Gasteiger partial charge in [0.2, 0.25) is 11.8 Å². The molecule has 2 aliphatic heterocycles. The van der Waals surface area contributed by atoms with Crippen LogP contribution < -0.4 is 16.4 Å². The summed E-state index contributed by atoms with van der Waals surface area (Å²) in [7, 11) is 0.